The highest BCUT2D eigenvalue weighted by atomic mass is 16.5. The van der Waals surface area contributed by atoms with E-state index in [0.29, 0.717) is 0 Å². The molecule has 0 aromatic carbocycles. The molecule has 1 saturated carbocycles. The Labute approximate surface area is 71.0 Å². The summed E-state index contributed by atoms with van der Waals surface area (Å²) in [6, 6.07) is 3.65. The first-order chi connectivity index (χ1) is 5.84. The number of rotatable bonds is 2. The largest absolute Gasteiger partial charge is 0.490 e. The van der Waals surface area contributed by atoms with Crippen LogP contribution >= 0.6 is 0 Å². The molecule has 0 radical (unpaired) electrons. The maximum Gasteiger partial charge on any atom is 0.122 e. The molecule has 0 spiro atoms. The second-order valence-electron chi connectivity index (χ2n) is 3.05. The first-order valence-corrected chi connectivity index (χ1v) is 4.09. The van der Waals surface area contributed by atoms with Gasteiger partial charge < -0.3 is 9.84 Å². The minimum absolute atomic E-state index is 0.156. The van der Waals surface area contributed by atoms with E-state index in [0.717, 1.165) is 18.6 Å². The van der Waals surface area contributed by atoms with Crippen LogP contribution in [0.15, 0.2) is 24.5 Å². The Morgan fingerprint density at radius 2 is 2.00 bits per heavy atom. The third-order valence-corrected chi connectivity index (χ3v) is 2.02. The maximum atomic E-state index is 9.00. The Hall–Kier alpha value is -1.09. The van der Waals surface area contributed by atoms with Crippen molar-refractivity contribution < 1.29 is 9.84 Å². The minimum atomic E-state index is -0.156. The van der Waals surface area contributed by atoms with E-state index in [9.17, 15) is 0 Å². The van der Waals surface area contributed by atoms with E-state index in [-0.39, 0.29) is 12.2 Å². The molecule has 1 aliphatic carbocycles. The molecule has 0 atom stereocenters. The van der Waals surface area contributed by atoms with Gasteiger partial charge >= 0.3 is 0 Å². The van der Waals surface area contributed by atoms with Crippen LogP contribution in [0.25, 0.3) is 0 Å². The Morgan fingerprint density at radius 3 is 2.58 bits per heavy atom. The zero-order chi connectivity index (χ0) is 8.39. The van der Waals surface area contributed by atoms with Gasteiger partial charge in [0.15, 0.2) is 0 Å². The molecule has 1 aromatic heterocycles. The van der Waals surface area contributed by atoms with Crippen molar-refractivity contribution in [3.63, 3.8) is 0 Å². The molecule has 1 fully saturated rings. The van der Waals surface area contributed by atoms with Gasteiger partial charge in [-0.1, -0.05) is 0 Å². The quantitative estimate of drug-likeness (QED) is 0.710. The lowest BCUT2D eigenvalue weighted by Gasteiger charge is -2.31. The number of aromatic nitrogens is 1. The normalized spacial score (nSPS) is 27.8. The SMILES string of the molecule is OC1CC(Oc2ccncc2)C1. The summed E-state index contributed by atoms with van der Waals surface area (Å²) >= 11 is 0. The lowest BCUT2D eigenvalue weighted by molar-refractivity contribution is -0.0108. The number of hydrogen-bond acceptors (Lipinski definition) is 3. The third-order valence-electron chi connectivity index (χ3n) is 2.02. The van der Waals surface area contributed by atoms with E-state index in [4.69, 9.17) is 9.84 Å². The molecule has 3 nitrogen and oxygen atoms in total. The number of pyridine rings is 1. The van der Waals surface area contributed by atoms with Crippen LogP contribution in [0.4, 0.5) is 0 Å². The maximum absolute atomic E-state index is 9.00. The van der Waals surface area contributed by atoms with Gasteiger partial charge in [-0.2, -0.15) is 0 Å². The first-order valence-electron chi connectivity index (χ1n) is 4.09. The molecule has 12 heavy (non-hydrogen) atoms. The summed E-state index contributed by atoms with van der Waals surface area (Å²) in [7, 11) is 0. The lowest BCUT2D eigenvalue weighted by Crippen LogP contribution is -2.37. The fourth-order valence-corrected chi connectivity index (χ4v) is 1.24. The first kappa shape index (κ1) is 7.55. The van der Waals surface area contributed by atoms with E-state index in [1.54, 1.807) is 12.4 Å². The van der Waals surface area contributed by atoms with Gasteiger partial charge in [-0.05, 0) is 12.1 Å². The standard InChI is InChI=1S/C9H11NO2/c11-7-5-9(6-7)12-8-1-3-10-4-2-8/h1-4,7,9,11H,5-6H2. The van der Waals surface area contributed by atoms with Crippen LogP contribution in [0.5, 0.6) is 5.75 Å². The summed E-state index contributed by atoms with van der Waals surface area (Å²) in [6.45, 7) is 0. The minimum Gasteiger partial charge on any atom is -0.490 e. The van der Waals surface area contributed by atoms with Gasteiger partial charge in [0.05, 0.1) is 6.10 Å². The van der Waals surface area contributed by atoms with Crippen molar-refractivity contribution >= 4 is 0 Å². The lowest BCUT2D eigenvalue weighted by atomic mass is 9.92. The number of aliphatic hydroxyl groups excluding tert-OH is 1. The highest BCUT2D eigenvalue weighted by Crippen LogP contribution is 2.24. The van der Waals surface area contributed by atoms with Crippen molar-refractivity contribution in [3.8, 4) is 5.75 Å². The van der Waals surface area contributed by atoms with Crippen LogP contribution < -0.4 is 4.74 Å². The molecule has 1 aliphatic rings. The van der Waals surface area contributed by atoms with Crippen LogP contribution in [-0.4, -0.2) is 22.3 Å². The van der Waals surface area contributed by atoms with Crippen LogP contribution in [0.1, 0.15) is 12.8 Å². The number of ether oxygens (including phenoxy) is 1. The average Bonchev–Trinajstić information content (AvgIpc) is 2.04. The Morgan fingerprint density at radius 1 is 1.33 bits per heavy atom. The molecule has 0 bridgehead atoms. The number of aliphatic hydroxyl groups is 1. The molecule has 0 aliphatic heterocycles. The Balaban J connectivity index is 1.88. The van der Waals surface area contributed by atoms with Crippen LogP contribution in [-0.2, 0) is 0 Å². The topological polar surface area (TPSA) is 42.4 Å². The van der Waals surface area contributed by atoms with E-state index in [1.165, 1.54) is 0 Å². The summed E-state index contributed by atoms with van der Waals surface area (Å²) in [4.78, 5) is 3.88. The van der Waals surface area contributed by atoms with Gasteiger partial charge in [-0.15, -0.1) is 0 Å². The van der Waals surface area contributed by atoms with Gasteiger partial charge in [0, 0.05) is 25.2 Å². The average molecular weight is 165 g/mol. The Bertz CT molecular complexity index is 244. The molecule has 0 unspecified atom stereocenters. The summed E-state index contributed by atoms with van der Waals surface area (Å²) in [5.41, 5.74) is 0. The molecule has 64 valence electrons. The fourth-order valence-electron chi connectivity index (χ4n) is 1.24. The molecule has 2 rings (SSSR count). The summed E-state index contributed by atoms with van der Waals surface area (Å²) in [5.74, 6) is 0.835. The van der Waals surface area contributed by atoms with Gasteiger partial charge in [0.25, 0.3) is 0 Å². The summed E-state index contributed by atoms with van der Waals surface area (Å²) in [6.07, 6.45) is 4.94. The van der Waals surface area contributed by atoms with E-state index in [2.05, 4.69) is 4.98 Å². The second kappa shape index (κ2) is 3.11. The third kappa shape index (κ3) is 1.56. The van der Waals surface area contributed by atoms with Crippen molar-refractivity contribution in [3.05, 3.63) is 24.5 Å². The van der Waals surface area contributed by atoms with Crippen molar-refractivity contribution in [1.82, 2.24) is 4.98 Å². The van der Waals surface area contributed by atoms with Gasteiger partial charge in [-0.25, -0.2) is 0 Å². The van der Waals surface area contributed by atoms with Crippen molar-refractivity contribution in [2.45, 2.75) is 25.0 Å². The van der Waals surface area contributed by atoms with Crippen LogP contribution in [0.3, 0.4) is 0 Å². The molecule has 3 heteroatoms. The van der Waals surface area contributed by atoms with Crippen LogP contribution in [0.2, 0.25) is 0 Å². The highest BCUT2D eigenvalue weighted by Gasteiger charge is 2.28. The summed E-state index contributed by atoms with van der Waals surface area (Å²) < 4.78 is 5.52. The zero-order valence-corrected chi connectivity index (χ0v) is 6.68. The van der Waals surface area contributed by atoms with Crippen LogP contribution in [0, 0.1) is 0 Å². The van der Waals surface area contributed by atoms with Gasteiger partial charge in [0.1, 0.15) is 11.9 Å². The molecular formula is C9H11NO2. The number of hydrogen-bond donors (Lipinski definition) is 1. The zero-order valence-electron chi connectivity index (χ0n) is 6.68. The van der Waals surface area contributed by atoms with Crippen molar-refractivity contribution in [1.29, 1.82) is 0 Å². The fraction of sp³-hybridized carbons (Fsp3) is 0.444. The van der Waals surface area contributed by atoms with Crippen molar-refractivity contribution in [2.24, 2.45) is 0 Å². The smallest absolute Gasteiger partial charge is 0.122 e. The molecular weight excluding hydrogens is 154 g/mol. The summed E-state index contributed by atoms with van der Waals surface area (Å²) in [5, 5.41) is 9.00. The monoisotopic (exact) mass is 165 g/mol. The van der Waals surface area contributed by atoms with E-state index >= 15 is 0 Å². The van der Waals surface area contributed by atoms with E-state index < -0.39 is 0 Å². The molecule has 0 amide bonds. The molecule has 1 heterocycles. The molecule has 1 aromatic rings. The molecule has 1 N–H and O–H groups in total. The van der Waals surface area contributed by atoms with Gasteiger partial charge in [-0.3, -0.25) is 4.98 Å². The van der Waals surface area contributed by atoms with Gasteiger partial charge in [0.2, 0.25) is 0 Å². The predicted octanol–water partition coefficient (Wildman–Crippen LogP) is 0.984. The van der Waals surface area contributed by atoms with E-state index in [1.807, 2.05) is 12.1 Å². The molecule has 0 saturated heterocycles. The van der Waals surface area contributed by atoms with Crippen molar-refractivity contribution in [2.75, 3.05) is 0 Å². The Kier molecular flexibility index (Phi) is 1.96. The highest BCUT2D eigenvalue weighted by molar-refractivity contribution is 5.17. The second-order valence-corrected chi connectivity index (χ2v) is 3.05. The number of nitrogens with zero attached hydrogens (tertiary/aromatic N) is 1. The predicted molar refractivity (Wildman–Crippen MR) is 43.9 cm³/mol.